The molecule has 5 aromatic rings. The first kappa shape index (κ1) is 20.3. The van der Waals surface area contributed by atoms with Gasteiger partial charge in [-0.25, -0.2) is 9.67 Å². The number of imidazole rings is 1. The first-order valence-corrected chi connectivity index (χ1v) is 10.5. The Morgan fingerprint density at radius 2 is 1.79 bits per heavy atom. The van der Waals surface area contributed by atoms with Gasteiger partial charge in [-0.3, -0.25) is 0 Å². The lowest BCUT2D eigenvalue weighted by Crippen LogP contribution is -1.96. The predicted octanol–water partition coefficient (Wildman–Crippen LogP) is 5.50. The van der Waals surface area contributed by atoms with Crippen LogP contribution in [0.3, 0.4) is 0 Å². The average Bonchev–Trinajstić information content (AvgIpc) is 3.44. The van der Waals surface area contributed by atoms with Gasteiger partial charge in [-0.05, 0) is 42.5 Å². The van der Waals surface area contributed by atoms with Gasteiger partial charge in [-0.2, -0.15) is 10.4 Å². The molecule has 0 radical (unpaired) electrons. The van der Waals surface area contributed by atoms with Crippen LogP contribution in [0.2, 0.25) is 0 Å². The van der Waals surface area contributed by atoms with Gasteiger partial charge in [-0.15, -0.1) is 0 Å². The SMILES string of the molecule is COc1cccc(-c2nn(-c3ccccc3)cc2/C=C(/C#N)c2nc3ccccc3n2C)c1. The molecule has 6 heteroatoms. The van der Waals surface area contributed by atoms with Crippen LogP contribution in [-0.4, -0.2) is 26.4 Å². The van der Waals surface area contributed by atoms with E-state index in [0.29, 0.717) is 11.4 Å². The third-order valence-electron chi connectivity index (χ3n) is 5.55. The number of ether oxygens (including phenoxy) is 1. The second kappa shape index (κ2) is 8.48. The van der Waals surface area contributed by atoms with Crippen molar-refractivity contribution in [2.45, 2.75) is 0 Å². The Bertz CT molecular complexity index is 1520. The monoisotopic (exact) mass is 431 g/mol. The van der Waals surface area contributed by atoms with Crippen molar-refractivity contribution in [1.29, 1.82) is 5.26 Å². The van der Waals surface area contributed by atoms with E-state index in [1.807, 2.05) is 107 Å². The topological polar surface area (TPSA) is 68.7 Å². The molecule has 0 spiro atoms. The Balaban J connectivity index is 1.69. The molecular formula is C27H21N5O. The van der Waals surface area contributed by atoms with Crippen molar-refractivity contribution in [3.63, 3.8) is 0 Å². The highest BCUT2D eigenvalue weighted by molar-refractivity contribution is 5.93. The van der Waals surface area contributed by atoms with Crippen LogP contribution in [0.15, 0.2) is 85.1 Å². The van der Waals surface area contributed by atoms with Crippen molar-refractivity contribution in [2.24, 2.45) is 7.05 Å². The standard InChI is InChI=1S/C27H21N5O/c1-31-25-14-7-6-13-24(25)29-27(31)20(17-28)15-21-18-32(22-10-4-3-5-11-22)30-26(21)19-9-8-12-23(16-19)33-2/h3-16,18H,1-2H3/b20-15-. The number of hydrogen-bond acceptors (Lipinski definition) is 4. The number of fused-ring (bicyclic) bond motifs is 1. The molecule has 0 aliphatic heterocycles. The summed E-state index contributed by atoms with van der Waals surface area (Å²) < 4.78 is 9.18. The highest BCUT2D eigenvalue weighted by Gasteiger charge is 2.16. The van der Waals surface area contributed by atoms with E-state index in [1.165, 1.54) is 0 Å². The molecule has 0 saturated heterocycles. The molecule has 33 heavy (non-hydrogen) atoms. The number of hydrogen-bond donors (Lipinski definition) is 0. The number of nitriles is 1. The predicted molar refractivity (Wildman–Crippen MR) is 130 cm³/mol. The summed E-state index contributed by atoms with van der Waals surface area (Å²) in [6.45, 7) is 0. The van der Waals surface area contributed by atoms with E-state index in [-0.39, 0.29) is 0 Å². The molecule has 2 heterocycles. The number of nitrogens with zero attached hydrogens (tertiary/aromatic N) is 5. The van der Waals surface area contributed by atoms with Crippen LogP contribution >= 0.6 is 0 Å². The fourth-order valence-electron chi connectivity index (χ4n) is 3.89. The summed E-state index contributed by atoms with van der Waals surface area (Å²) in [5, 5.41) is 14.9. The van der Waals surface area contributed by atoms with Gasteiger partial charge in [0.15, 0.2) is 5.82 Å². The number of benzene rings is 3. The van der Waals surface area contributed by atoms with E-state index in [9.17, 15) is 5.26 Å². The van der Waals surface area contributed by atoms with E-state index in [4.69, 9.17) is 14.8 Å². The van der Waals surface area contributed by atoms with Crippen LogP contribution in [0.4, 0.5) is 0 Å². The molecule has 0 fully saturated rings. The van der Waals surface area contributed by atoms with E-state index >= 15 is 0 Å². The summed E-state index contributed by atoms with van der Waals surface area (Å²) in [6.07, 6.45) is 3.78. The number of allylic oxidation sites excluding steroid dienone is 1. The smallest absolute Gasteiger partial charge is 0.151 e. The summed E-state index contributed by atoms with van der Waals surface area (Å²) in [5.41, 5.74) is 5.69. The minimum absolute atomic E-state index is 0.463. The van der Waals surface area contributed by atoms with Crippen molar-refractivity contribution in [2.75, 3.05) is 7.11 Å². The van der Waals surface area contributed by atoms with Crippen LogP contribution in [0.1, 0.15) is 11.4 Å². The molecule has 0 atom stereocenters. The summed E-state index contributed by atoms with van der Waals surface area (Å²) >= 11 is 0. The zero-order chi connectivity index (χ0) is 22.8. The van der Waals surface area contributed by atoms with E-state index < -0.39 is 0 Å². The van der Waals surface area contributed by atoms with Gasteiger partial charge in [0.2, 0.25) is 0 Å². The highest BCUT2D eigenvalue weighted by Crippen LogP contribution is 2.30. The van der Waals surface area contributed by atoms with Crippen molar-refractivity contribution in [3.05, 3.63) is 96.4 Å². The lowest BCUT2D eigenvalue weighted by molar-refractivity contribution is 0.415. The van der Waals surface area contributed by atoms with Crippen LogP contribution < -0.4 is 4.74 Å². The van der Waals surface area contributed by atoms with Crippen molar-refractivity contribution < 1.29 is 4.74 Å². The lowest BCUT2D eigenvalue weighted by atomic mass is 10.1. The van der Waals surface area contributed by atoms with E-state index in [2.05, 4.69) is 6.07 Å². The van der Waals surface area contributed by atoms with E-state index in [1.54, 1.807) is 7.11 Å². The van der Waals surface area contributed by atoms with Gasteiger partial charge < -0.3 is 9.30 Å². The van der Waals surface area contributed by atoms with Gasteiger partial charge >= 0.3 is 0 Å². The largest absolute Gasteiger partial charge is 0.497 e. The molecule has 6 nitrogen and oxygen atoms in total. The fourth-order valence-corrected chi connectivity index (χ4v) is 3.89. The van der Waals surface area contributed by atoms with Gasteiger partial charge in [-0.1, -0.05) is 42.5 Å². The molecule has 0 unspecified atom stereocenters. The molecule has 160 valence electrons. The van der Waals surface area contributed by atoms with Crippen LogP contribution in [0, 0.1) is 11.3 Å². The molecule has 0 amide bonds. The maximum atomic E-state index is 10.0. The summed E-state index contributed by atoms with van der Waals surface area (Å²) in [7, 11) is 3.56. The maximum absolute atomic E-state index is 10.0. The Morgan fingerprint density at radius 3 is 2.55 bits per heavy atom. The lowest BCUT2D eigenvalue weighted by Gasteiger charge is -2.04. The molecule has 0 saturated carbocycles. The molecule has 5 rings (SSSR count). The zero-order valence-electron chi connectivity index (χ0n) is 18.3. The van der Waals surface area contributed by atoms with Gasteiger partial charge in [0, 0.05) is 24.4 Å². The second-order valence-corrected chi connectivity index (χ2v) is 7.60. The average molecular weight is 431 g/mol. The number of methoxy groups -OCH3 is 1. The summed E-state index contributed by atoms with van der Waals surface area (Å²) in [5.74, 6) is 1.36. The Morgan fingerprint density at radius 1 is 1.00 bits per heavy atom. The van der Waals surface area contributed by atoms with Gasteiger partial charge in [0.1, 0.15) is 17.5 Å². The minimum atomic E-state index is 0.463. The summed E-state index contributed by atoms with van der Waals surface area (Å²) in [6, 6.07) is 27.8. The Hall–Kier alpha value is -4.63. The molecular weight excluding hydrogens is 410 g/mol. The molecule has 2 aromatic heterocycles. The zero-order valence-corrected chi connectivity index (χ0v) is 18.3. The molecule has 0 bridgehead atoms. The number of rotatable bonds is 5. The van der Waals surface area contributed by atoms with Gasteiger partial charge in [0.05, 0.1) is 29.4 Å². The minimum Gasteiger partial charge on any atom is -0.497 e. The number of aryl methyl sites for hydroxylation is 1. The van der Waals surface area contributed by atoms with Crippen molar-refractivity contribution in [3.8, 4) is 28.8 Å². The quantitative estimate of drug-likeness (QED) is 0.345. The van der Waals surface area contributed by atoms with Crippen LogP contribution in [0.25, 0.3) is 39.6 Å². The Kier molecular flexibility index (Phi) is 5.21. The van der Waals surface area contributed by atoms with E-state index in [0.717, 1.165) is 39.3 Å². The summed E-state index contributed by atoms with van der Waals surface area (Å²) in [4.78, 5) is 4.70. The van der Waals surface area contributed by atoms with Crippen molar-refractivity contribution in [1.82, 2.24) is 19.3 Å². The van der Waals surface area contributed by atoms with Gasteiger partial charge in [0.25, 0.3) is 0 Å². The number of aromatic nitrogens is 4. The van der Waals surface area contributed by atoms with Crippen LogP contribution in [0.5, 0.6) is 5.75 Å². The fraction of sp³-hybridized carbons (Fsp3) is 0.0741. The first-order valence-electron chi connectivity index (χ1n) is 10.5. The highest BCUT2D eigenvalue weighted by atomic mass is 16.5. The Labute approximate surface area is 191 Å². The normalized spacial score (nSPS) is 11.5. The number of para-hydroxylation sites is 3. The van der Waals surface area contributed by atoms with Crippen LogP contribution in [-0.2, 0) is 7.05 Å². The molecule has 3 aromatic carbocycles. The third-order valence-corrected chi connectivity index (χ3v) is 5.55. The molecule has 0 aliphatic rings. The first-order chi connectivity index (χ1) is 16.2. The van der Waals surface area contributed by atoms with Crippen molar-refractivity contribution >= 4 is 22.7 Å². The second-order valence-electron chi connectivity index (χ2n) is 7.60. The third kappa shape index (κ3) is 3.77. The maximum Gasteiger partial charge on any atom is 0.151 e. The molecule has 0 N–H and O–H groups in total. The molecule has 0 aliphatic carbocycles.